The molecule has 0 radical (unpaired) electrons. The molecule has 3 rings (SSSR count). The van der Waals surface area contributed by atoms with Crippen LogP contribution in [0.2, 0.25) is 0 Å². The van der Waals surface area contributed by atoms with Gasteiger partial charge in [0.1, 0.15) is 22.5 Å². The second-order valence-corrected chi connectivity index (χ2v) is 6.87. The van der Waals surface area contributed by atoms with Gasteiger partial charge in [-0.3, -0.25) is 4.79 Å². The molecule has 1 aromatic carbocycles. The molecule has 1 aliphatic heterocycles. The molecule has 2 aromatic rings. The van der Waals surface area contributed by atoms with Crippen LogP contribution >= 0.6 is 11.3 Å². The Balaban J connectivity index is 1.91. The van der Waals surface area contributed by atoms with Gasteiger partial charge in [0.15, 0.2) is 0 Å². The maximum absolute atomic E-state index is 13.2. The third-order valence-corrected chi connectivity index (χ3v) is 4.94. The lowest BCUT2D eigenvalue weighted by molar-refractivity contribution is -0.124. The highest BCUT2D eigenvalue weighted by atomic mass is 32.1. The summed E-state index contributed by atoms with van der Waals surface area (Å²) in [7, 11) is 0. The largest absolute Gasteiger partial charge is 0.462 e. The van der Waals surface area contributed by atoms with Gasteiger partial charge in [0.05, 0.1) is 6.61 Å². The van der Waals surface area contributed by atoms with E-state index in [9.17, 15) is 14.0 Å². The Bertz CT molecular complexity index is 781. The van der Waals surface area contributed by atoms with Crippen LogP contribution in [0.3, 0.4) is 0 Å². The van der Waals surface area contributed by atoms with E-state index in [1.54, 1.807) is 17.5 Å². The predicted octanol–water partition coefficient (Wildman–Crippen LogP) is 4.24. The molecule has 1 aliphatic rings. The summed E-state index contributed by atoms with van der Waals surface area (Å²) in [5, 5.41) is 4.98. The molecular formula is C19H20FNO4S. The molecule has 2 heterocycles. The van der Waals surface area contributed by atoms with E-state index >= 15 is 0 Å². The van der Waals surface area contributed by atoms with Crippen molar-refractivity contribution in [3.8, 4) is 11.1 Å². The Kier molecular flexibility index (Phi) is 6.00. The molecule has 1 fully saturated rings. The van der Waals surface area contributed by atoms with Gasteiger partial charge >= 0.3 is 5.97 Å². The number of carbonyl (C=O) groups is 2. The number of carbonyl (C=O) groups excluding carboxylic acids is 2. The molecule has 138 valence electrons. The molecule has 7 heteroatoms. The van der Waals surface area contributed by atoms with E-state index in [-0.39, 0.29) is 18.3 Å². The van der Waals surface area contributed by atoms with E-state index in [4.69, 9.17) is 9.47 Å². The van der Waals surface area contributed by atoms with Gasteiger partial charge in [-0.15, -0.1) is 11.3 Å². The second-order valence-electron chi connectivity index (χ2n) is 5.99. The number of amides is 1. The molecule has 1 unspecified atom stereocenters. The van der Waals surface area contributed by atoms with Crippen molar-refractivity contribution >= 4 is 28.2 Å². The van der Waals surface area contributed by atoms with Gasteiger partial charge in [0, 0.05) is 17.6 Å². The molecule has 0 spiro atoms. The van der Waals surface area contributed by atoms with Crippen LogP contribution in [0.25, 0.3) is 11.1 Å². The summed E-state index contributed by atoms with van der Waals surface area (Å²) < 4.78 is 23.9. The van der Waals surface area contributed by atoms with E-state index in [2.05, 4.69) is 5.32 Å². The third kappa shape index (κ3) is 4.11. The quantitative estimate of drug-likeness (QED) is 0.765. The summed E-state index contributed by atoms with van der Waals surface area (Å²) in [4.78, 5) is 24.9. The van der Waals surface area contributed by atoms with Crippen molar-refractivity contribution in [2.75, 3.05) is 18.5 Å². The average molecular weight is 377 g/mol. The van der Waals surface area contributed by atoms with Crippen molar-refractivity contribution in [3.63, 3.8) is 0 Å². The smallest absolute Gasteiger partial charge is 0.341 e. The lowest BCUT2D eigenvalue weighted by Gasteiger charge is -2.12. The number of ether oxygens (including phenoxy) is 2. The lowest BCUT2D eigenvalue weighted by atomic mass is 10.0. The fourth-order valence-corrected chi connectivity index (χ4v) is 3.70. The molecule has 0 aliphatic carbocycles. The van der Waals surface area contributed by atoms with Crippen LogP contribution in [0.1, 0.15) is 36.5 Å². The van der Waals surface area contributed by atoms with Crippen LogP contribution in [0.15, 0.2) is 29.6 Å². The van der Waals surface area contributed by atoms with E-state index in [1.807, 2.05) is 6.92 Å². The number of benzene rings is 1. The minimum atomic E-state index is -0.505. The average Bonchev–Trinajstić information content (AvgIpc) is 3.30. The Labute approximate surface area is 155 Å². The first-order valence-corrected chi connectivity index (χ1v) is 9.45. The van der Waals surface area contributed by atoms with Gasteiger partial charge in [-0.05, 0) is 37.0 Å². The van der Waals surface area contributed by atoms with Crippen molar-refractivity contribution in [2.45, 2.75) is 32.3 Å². The molecule has 5 nitrogen and oxygen atoms in total. The Morgan fingerprint density at radius 2 is 2.12 bits per heavy atom. The first-order valence-electron chi connectivity index (χ1n) is 8.57. The van der Waals surface area contributed by atoms with E-state index in [0.29, 0.717) is 41.1 Å². The van der Waals surface area contributed by atoms with E-state index < -0.39 is 12.1 Å². The van der Waals surface area contributed by atoms with Crippen molar-refractivity contribution < 1.29 is 23.5 Å². The summed E-state index contributed by atoms with van der Waals surface area (Å²) in [6.45, 7) is 2.76. The van der Waals surface area contributed by atoms with Crippen LogP contribution in [0, 0.1) is 5.82 Å². The number of hydrogen-bond acceptors (Lipinski definition) is 5. The first-order chi connectivity index (χ1) is 12.6. The van der Waals surface area contributed by atoms with Crippen LogP contribution in [0.5, 0.6) is 0 Å². The summed E-state index contributed by atoms with van der Waals surface area (Å²) in [6, 6.07) is 5.86. The summed E-state index contributed by atoms with van der Waals surface area (Å²) in [6.07, 6.45) is 1.71. The number of esters is 1. The van der Waals surface area contributed by atoms with Crippen molar-refractivity contribution in [1.29, 1.82) is 0 Å². The van der Waals surface area contributed by atoms with Gasteiger partial charge in [-0.25, -0.2) is 9.18 Å². The number of hydrogen-bond donors (Lipinski definition) is 1. The molecule has 0 saturated carbocycles. The highest BCUT2D eigenvalue weighted by Gasteiger charge is 2.27. The molecule has 0 bridgehead atoms. The van der Waals surface area contributed by atoms with Gasteiger partial charge in [-0.1, -0.05) is 19.1 Å². The number of rotatable bonds is 6. The lowest BCUT2D eigenvalue weighted by Crippen LogP contribution is -2.27. The van der Waals surface area contributed by atoms with Crippen molar-refractivity contribution in [1.82, 2.24) is 0 Å². The number of thiophene rings is 1. The molecule has 26 heavy (non-hydrogen) atoms. The zero-order valence-electron chi connectivity index (χ0n) is 14.4. The second kappa shape index (κ2) is 8.42. The zero-order valence-corrected chi connectivity index (χ0v) is 15.2. The molecule has 1 aromatic heterocycles. The van der Waals surface area contributed by atoms with Crippen LogP contribution < -0.4 is 5.32 Å². The molecule has 1 atom stereocenters. The third-order valence-electron chi connectivity index (χ3n) is 4.05. The fourth-order valence-electron chi connectivity index (χ4n) is 2.74. The Hall–Kier alpha value is -2.25. The predicted molar refractivity (Wildman–Crippen MR) is 97.9 cm³/mol. The normalized spacial score (nSPS) is 16.5. The fraction of sp³-hybridized carbons (Fsp3) is 0.368. The number of nitrogens with one attached hydrogen (secondary N) is 1. The number of halogens is 1. The topological polar surface area (TPSA) is 64.6 Å². The van der Waals surface area contributed by atoms with E-state index in [0.717, 1.165) is 6.42 Å². The standard InChI is InChI=1S/C19H20FNO4S/c1-2-9-25-19(23)16-14(12-5-7-13(20)8-6-12)11-26-18(16)21-17(22)15-4-3-10-24-15/h5-8,11,15H,2-4,9-10H2,1H3,(H,21,22). The molecule has 1 N–H and O–H groups in total. The molecule has 1 amide bonds. The SMILES string of the molecule is CCCOC(=O)c1c(-c2ccc(F)cc2)csc1NC(=O)C1CCCO1. The highest BCUT2D eigenvalue weighted by Crippen LogP contribution is 2.36. The Morgan fingerprint density at radius 3 is 2.77 bits per heavy atom. The highest BCUT2D eigenvalue weighted by molar-refractivity contribution is 7.15. The number of anilines is 1. The van der Waals surface area contributed by atoms with Gasteiger partial charge < -0.3 is 14.8 Å². The maximum Gasteiger partial charge on any atom is 0.341 e. The minimum Gasteiger partial charge on any atom is -0.462 e. The van der Waals surface area contributed by atoms with E-state index in [1.165, 1.54) is 23.5 Å². The Morgan fingerprint density at radius 1 is 1.35 bits per heavy atom. The van der Waals surface area contributed by atoms with Crippen molar-refractivity contribution in [3.05, 3.63) is 41.0 Å². The maximum atomic E-state index is 13.2. The molecule has 1 saturated heterocycles. The van der Waals surface area contributed by atoms with Crippen molar-refractivity contribution in [2.24, 2.45) is 0 Å². The van der Waals surface area contributed by atoms with Gasteiger partial charge in [-0.2, -0.15) is 0 Å². The van der Waals surface area contributed by atoms with Gasteiger partial charge in [0.2, 0.25) is 0 Å². The van der Waals surface area contributed by atoms with Crippen LogP contribution in [0.4, 0.5) is 9.39 Å². The summed E-state index contributed by atoms with van der Waals surface area (Å²) >= 11 is 1.24. The zero-order chi connectivity index (χ0) is 18.5. The first kappa shape index (κ1) is 18.5. The molecular weight excluding hydrogens is 357 g/mol. The summed E-state index contributed by atoms with van der Waals surface area (Å²) in [5.41, 5.74) is 1.59. The monoisotopic (exact) mass is 377 g/mol. The van der Waals surface area contributed by atoms with Crippen LogP contribution in [-0.4, -0.2) is 31.2 Å². The summed E-state index contributed by atoms with van der Waals surface area (Å²) in [5.74, 6) is -1.12. The van der Waals surface area contributed by atoms with Crippen LogP contribution in [-0.2, 0) is 14.3 Å². The van der Waals surface area contributed by atoms with Gasteiger partial charge in [0.25, 0.3) is 5.91 Å². The minimum absolute atomic E-state index is 0.264.